The minimum absolute atomic E-state index is 0.0461. The van der Waals surface area contributed by atoms with E-state index in [1.807, 2.05) is 12.1 Å². The van der Waals surface area contributed by atoms with E-state index < -0.39 is 22.6 Å². The maximum Gasteiger partial charge on any atom is 0.341 e. The van der Waals surface area contributed by atoms with E-state index >= 15 is 0 Å². The molecule has 180 valence electrons. The Morgan fingerprint density at radius 3 is 2.09 bits per heavy atom. The Labute approximate surface area is 201 Å². The van der Waals surface area contributed by atoms with Crippen molar-refractivity contribution >= 4 is 16.0 Å². The summed E-state index contributed by atoms with van der Waals surface area (Å²) in [7, 11) is -3.81. The number of hydrogen-bond donors (Lipinski definition) is 1. The van der Waals surface area contributed by atoms with Crippen molar-refractivity contribution in [1.82, 2.24) is 9.29 Å². The highest BCUT2D eigenvalue weighted by molar-refractivity contribution is 7.89. The first-order valence-electron chi connectivity index (χ1n) is 11.0. The van der Waals surface area contributed by atoms with Gasteiger partial charge in [-0.15, -0.1) is 0 Å². The Morgan fingerprint density at radius 1 is 1.00 bits per heavy atom. The normalized spacial score (nSPS) is 12.0. The summed E-state index contributed by atoms with van der Waals surface area (Å²) >= 11 is 0. The number of hydrogen-bond acceptors (Lipinski definition) is 5. The highest BCUT2D eigenvalue weighted by Crippen LogP contribution is 2.28. The summed E-state index contributed by atoms with van der Waals surface area (Å²) < 4.78 is 33.5. The molecule has 8 heteroatoms. The number of benzene rings is 2. The van der Waals surface area contributed by atoms with Gasteiger partial charge in [0.2, 0.25) is 10.0 Å². The molecule has 0 spiro atoms. The number of pyridine rings is 1. The van der Waals surface area contributed by atoms with E-state index in [4.69, 9.17) is 9.84 Å². The lowest BCUT2D eigenvalue weighted by atomic mass is 9.82. The summed E-state index contributed by atoms with van der Waals surface area (Å²) in [6.45, 7) is 6.41. The van der Waals surface area contributed by atoms with Gasteiger partial charge >= 0.3 is 5.97 Å². The van der Waals surface area contributed by atoms with Gasteiger partial charge < -0.3 is 9.84 Å². The van der Waals surface area contributed by atoms with Crippen LogP contribution in [0.3, 0.4) is 0 Å². The van der Waals surface area contributed by atoms with Gasteiger partial charge in [-0.3, -0.25) is 4.98 Å². The number of sulfonamides is 1. The smallest absolute Gasteiger partial charge is 0.341 e. The number of carbonyl (C=O) groups is 1. The standard InChI is InChI=1S/C26H30N2O5S/c1-4-26(2,3)22-11-7-20(8-12-22)17-28(34(31,32)24-6-5-15-27-16-24)18-21-9-13-23(14-10-21)33-19-25(29)30/h5-16H,4,17-19H2,1-3H3,(H,29,30). The van der Waals surface area contributed by atoms with Crippen LogP contribution < -0.4 is 4.74 Å². The Balaban J connectivity index is 1.87. The second kappa shape index (κ2) is 10.8. The third kappa shape index (κ3) is 6.42. The fourth-order valence-electron chi connectivity index (χ4n) is 3.38. The largest absolute Gasteiger partial charge is 0.482 e. The number of ether oxygens (including phenoxy) is 1. The Hall–Kier alpha value is -3.23. The molecular weight excluding hydrogens is 452 g/mol. The summed E-state index contributed by atoms with van der Waals surface area (Å²) in [5.74, 6) is -0.659. The van der Waals surface area contributed by atoms with Crippen molar-refractivity contribution in [2.24, 2.45) is 0 Å². The minimum atomic E-state index is -3.81. The molecule has 1 heterocycles. The molecule has 0 atom stereocenters. The molecule has 0 aliphatic heterocycles. The second-order valence-corrected chi connectivity index (χ2v) is 10.7. The van der Waals surface area contributed by atoms with Crippen molar-refractivity contribution in [2.45, 2.75) is 50.6 Å². The Morgan fingerprint density at radius 2 is 1.59 bits per heavy atom. The summed E-state index contributed by atoms with van der Waals surface area (Å²) in [6, 6.07) is 17.9. The van der Waals surface area contributed by atoms with Crippen LogP contribution in [0.15, 0.2) is 78.0 Å². The quantitative estimate of drug-likeness (QED) is 0.428. The molecule has 2 aromatic carbocycles. The SMILES string of the molecule is CCC(C)(C)c1ccc(CN(Cc2ccc(OCC(=O)O)cc2)S(=O)(=O)c2cccnc2)cc1. The number of aliphatic carboxylic acids is 1. The molecule has 0 saturated carbocycles. The van der Waals surface area contributed by atoms with E-state index in [-0.39, 0.29) is 23.4 Å². The average molecular weight is 483 g/mol. The molecular formula is C26H30N2O5S. The number of carboxylic acids is 1. The Bertz CT molecular complexity index is 1190. The van der Waals surface area contributed by atoms with Gasteiger partial charge in [-0.05, 0) is 52.8 Å². The molecule has 34 heavy (non-hydrogen) atoms. The third-order valence-corrected chi connectivity index (χ3v) is 7.67. The van der Waals surface area contributed by atoms with Crippen molar-refractivity contribution in [3.05, 3.63) is 89.7 Å². The van der Waals surface area contributed by atoms with E-state index in [0.717, 1.165) is 17.5 Å². The zero-order chi connectivity index (χ0) is 24.8. The van der Waals surface area contributed by atoms with Crippen LogP contribution in [0.25, 0.3) is 0 Å². The summed E-state index contributed by atoms with van der Waals surface area (Å²) in [4.78, 5) is 14.8. The number of carboxylic acid groups (broad SMARTS) is 1. The molecule has 0 radical (unpaired) electrons. The molecule has 0 amide bonds. The molecule has 0 unspecified atom stereocenters. The number of nitrogens with zero attached hydrogens (tertiary/aromatic N) is 2. The zero-order valence-electron chi connectivity index (χ0n) is 19.6. The molecule has 0 bridgehead atoms. The van der Waals surface area contributed by atoms with Gasteiger partial charge in [-0.25, -0.2) is 13.2 Å². The first kappa shape index (κ1) is 25.4. The van der Waals surface area contributed by atoms with E-state index in [9.17, 15) is 13.2 Å². The number of aromatic nitrogens is 1. The summed E-state index contributed by atoms with van der Waals surface area (Å²) in [5, 5.41) is 8.76. The van der Waals surface area contributed by atoms with Gasteiger partial charge in [0.25, 0.3) is 0 Å². The van der Waals surface area contributed by atoms with Crippen LogP contribution in [-0.4, -0.2) is 35.4 Å². The van der Waals surface area contributed by atoms with Gasteiger partial charge in [0, 0.05) is 25.5 Å². The second-order valence-electron chi connectivity index (χ2n) is 8.72. The fraction of sp³-hybridized carbons (Fsp3) is 0.308. The summed E-state index contributed by atoms with van der Waals surface area (Å²) in [6.07, 6.45) is 3.88. The van der Waals surface area contributed by atoms with Crippen molar-refractivity contribution in [3.63, 3.8) is 0 Å². The van der Waals surface area contributed by atoms with Crippen LogP contribution in [0.4, 0.5) is 0 Å². The third-order valence-electron chi connectivity index (χ3n) is 5.89. The predicted molar refractivity (Wildman–Crippen MR) is 130 cm³/mol. The molecule has 0 fully saturated rings. The lowest BCUT2D eigenvalue weighted by Crippen LogP contribution is -2.30. The lowest BCUT2D eigenvalue weighted by Gasteiger charge is -2.25. The van der Waals surface area contributed by atoms with E-state index in [2.05, 4.69) is 37.9 Å². The van der Waals surface area contributed by atoms with Gasteiger partial charge in [0.05, 0.1) is 0 Å². The first-order chi connectivity index (χ1) is 16.1. The van der Waals surface area contributed by atoms with Crippen molar-refractivity contribution in [3.8, 4) is 5.75 Å². The molecule has 0 saturated heterocycles. The topological polar surface area (TPSA) is 96.8 Å². The van der Waals surface area contributed by atoms with Crippen LogP contribution in [-0.2, 0) is 33.3 Å². The van der Waals surface area contributed by atoms with Gasteiger partial charge in [0.15, 0.2) is 6.61 Å². The molecule has 3 rings (SSSR count). The van der Waals surface area contributed by atoms with Crippen LogP contribution in [0.5, 0.6) is 5.75 Å². The van der Waals surface area contributed by atoms with Crippen molar-refractivity contribution < 1.29 is 23.1 Å². The van der Waals surface area contributed by atoms with Crippen molar-refractivity contribution in [1.29, 1.82) is 0 Å². The predicted octanol–water partition coefficient (Wildman–Crippen LogP) is 4.62. The first-order valence-corrected chi connectivity index (χ1v) is 12.5. The van der Waals surface area contributed by atoms with Crippen LogP contribution >= 0.6 is 0 Å². The molecule has 7 nitrogen and oxygen atoms in total. The Kier molecular flexibility index (Phi) is 8.06. The van der Waals surface area contributed by atoms with E-state index in [1.165, 1.54) is 28.3 Å². The van der Waals surface area contributed by atoms with Crippen LogP contribution in [0.2, 0.25) is 0 Å². The lowest BCUT2D eigenvalue weighted by molar-refractivity contribution is -0.139. The summed E-state index contributed by atoms with van der Waals surface area (Å²) in [5.41, 5.74) is 2.88. The van der Waals surface area contributed by atoms with E-state index in [0.29, 0.717) is 5.75 Å². The number of rotatable bonds is 11. The van der Waals surface area contributed by atoms with Crippen LogP contribution in [0, 0.1) is 0 Å². The monoisotopic (exact) mass is 482 g/mol. The van der Waals surface area contributed by atoms with E-state index in [1.54, 1.807) is 30.3 Å². The molecule has 3 aromatic rings. The molecule has 0 aliphatic rings. The van der Waals surface area contributed by atoms with Gasteiger partial charge in [-0.2, -0.15) is 4.31 Å². The maximum atomic E-state index is 13.5. The highest BCUT2D eigenvalue weighted by Gasteiger charge is 2.26. The van der Waals surface area contributed by atoms with Gasteiger partial charge in [-0.1, -0.05) is 57.2 Å². The highest BCUT2D eigenvalue weighted by atomic mass is 32.2. The molecule has 0 aliphatic carbocycles. The molecule has 1 aromatic heterocycles. The maximum absolute atomic E-state index is 13.5. The van der Waals surface area contributed by atoms with Gasteiger partial charge in [0.1, 0.15) is 10.6 Å². The fourth-order valence-corrected chi connectivity index (χ4v) is 4.76. The van der Waals surface area contributed by atoms with Crippen molar-refractivity contribution in [2.75, 3.05) is 6.61 Å². The zero-order valence-corrected chi connectivity index (χ0v) is 20.5. The van der Waals surface area contributed by atoms with Crippen LogP contribution in [0.1, 0.15) is 43.9 Å². The molecule has 1 N–H and O–H groups in total. The average Bonchev–Trinajstić information content (AvgIpc) is 2.84. The minimum Gasteiger partial charge on any atom is -0.482 e.